The molecular weight excluding hydrogens is 290 g/mol. The monoisotopic (exact) mass is 315 g/mol. The fourth-order valence-electron chi connectivity index (χ4n) is 3.12. The number of carbonyl (C=O) groups is 1. The molecule has 0 aliphatic carbocycles. The average Bonchev–Trinajstić information content (AvgIpc) is 3.14. The maximum Gasteiger partial charge on any atom is 0.220 e. The lowest BCUT2D eigenvalue weighted by molar-refractivity contribution is -0.121. The van der Waals surface area contributed by atoms with Gasteiger partial charge in [0.1, 0.15) is 0 Å². The van der Waals surface area contributed by atoms with Gasteiger partial charge >= 0.3 is 0 Å². The predicted octanol–water partition coefficient (Wildman–Crippen LogP) is 1.67. The molecule has 1 saturated heterocycles. The third-order valence-electron chi connectivity index (χ3n) is 4.22. The molecule has 1 aliphatic heterocycles. The zero-order valence-electron chi connectivity index (χ0n) is 13.9. The van der Waals surface area contributed by atoms with Crippen LogP contribution in [0.4, 0.5) is 0 Å². The minimum atomic E-state index is 0.102. The fourth-order valence-corrected chi connectivity index (χ4v) is 3.12. The molecule has 3 heterocycles. The second kappa shape index (κ2) is 7.08. The van der Waals surface area contributed by atoms with E-state index in [1.807, 2.05) is 24.6 Å². The highest BCUT2D eigenvalue weighted by atomic mass is 16.1. The largest absolute Gasteiger partial charge is 0.354 e. The predicted molar refractivity (Wildman–Crippen MR) is 90.2 cm³/mol. The van der Waals surface area contributed by atoms with Crippen molar-refractivity contribution < 1.29 is 4.79 Å². The highest BCUT2D eigenvalue weighted by molar-refractivity contribution is 5.79. The topological polar surface area (TPSA) is 71.8 Å². The average molecular weight is 315 g/mol. The van der Waals surface area contributed by atoms with Gasteiger partial charge in [0.15, 0.2) is 5.65 Å². The second-order valence-electron chi connectivity index (χ2n) is 6.62. The first-order valence-corrected chi connectivity index (χ1v) is 8.44. The van der Waals surface area contributed by atoms with Crippen LogP contribution in [0.2, 0.25) is 0 Å². The second-order valence-corrected chi connectivity index (χ2v) is 6.62. The summed E-state index contributed by atoms with van der Waals surface area (Å²) in [5, 5.41) is 12.3. The van der Waals surface area contributed by atoms with E-state index in [4.69, 9.17) is 5.10 Å². The molecule has 6 nitrogen and oxygen atoms in total. The van der Waals surface area contributed by atoms with Gasteiger partial charge in [-0.3, -0.25) is 4.79 Å². The van der Waals surface area contributed by atoms with Crippen LogP contribution < -0.4 is 10.6 Å². The molecule has 0 aromatic carbocycles. The zero-order chi connectivity index (χ0) is 16.2. The van der Waals surface area contributed by atoms with E-state index in [1.54, 1.807) is 6.20 Å². The van der Waals surface area contributed by atoms with E-state index in [2.05, 4.69) is 21.7 Å². The Hall–Kier alpha value is -1.95. The van der Waals surface area contributed by atoms with Gasteiger partial charge in [-0.1, -0.05) is 13.8 Å². The number of nitrogens with one attached hydrogen (secondary N) is 2. The number of nitrogens with zero attached hydrogens (tertiary/aromatic N) is 3. The Kier molecular flexibility index (Phi) is 4.91. The lowest BCUT2D eigenvalue weighted by Gasteiger charge is -2.07. The van der Waals surface area contributed by atoms with Crippen molar-refractivity contribution in [3.8, 4) is 0 Å². The summed E-state index contributed by atoms with van der Waals surface area (Å²) in [5.41, 5.74) is 2.04. The Labute approximate surface area is 136 Å². The Morgan fingerprint density at radius 1 is 1.52 bits per heavy atom. The third kappa shape index (κ3) is 3.69. The van der Waals surface area contributed by atoms with Gasteiger partial charge in [-0.25, -0.2) is 9.67 Å². The van der Waals surface area contributed by atoms with Gasteiger partial charge in [0, 0.05) is 37.0 Å². The number of carbonyl (C=O) groups excluding carboxylic acids is 1. The van der Waals surface area contributed by atoms with E-state index < -0.39 is 0 Å². The van der Waals surface area contributed by atoms with Crippen molar-refractivity contribution in [1.29, 1.82) is 0 Å². The Morgan fingerprint density at radius 2 is 2.39 bits per heavy atom. The molecule has 23 heavy (non-hydrogen) atoms. The van der Waals surface area contributed by atoms with Crippen molar-refractivity contribution in [3.05, 3.63) is 24.0 Å². The van der Waals surface area contributed by atoms with Crippen LogP contribution in [0.3, 0.4) is 0 Å². The molecule has 0 bridgehead atoms. The van der Waals surface area contributed by atoms with Gasteiger partial charge in [0.25, 0.3) is 0 Å². The molecule has 0 radical (unpaired) electrons. The van der Waals surface area contributed by atoms with E-state index in [-0.39, 0.29) is 5.91 Å². The van der Waals surface area contributed by atoms with Gasteiger partial charge in [-0.15, -0.1) is 0 Å². The maximum atomic E-state index is 11.8. The first-order valence-electron chi connectivity index (χ1n) is 8.44. The number of pyridine rings is 1. The molecule has 1 fully saturated rings. The summed E-state index contributed by atoms with van der Waals surface area (Å²) in [6.45, 7) is 7.36. The quantitative estimate of drug-likeness (QED) is 0.850. The van der Waals surface area contributed by atoms with Gasteiger partial charge in [-0.2, -0.15) is 5.10 Å². The molecule has 3 rings (SSSR count). The van der Waals surface area contributed by atoms with Crippen molar-refractivity contribution in [3.63, 3.8) is 0 Å². The summed E-state index contributed by atoms with van der Waals surface area (Å²) in [7, 11) is 0. The van der Waals surface area contributed by atoms with Crippen molar-refractivity contribution in [2.45, 2.75) is 39.2 Å². The first-order chi connectivity index (χ1) is 11.1. The molecular formula is C17H25N5O. The normalized spacial score (nSPS) is 18.0. The number of amides is 1. The summed E-state index contributed by atoms with van der Waals surface area (Å²) in [4.78, 5) is 16.2. The molecule has 2 aromatic heterocycles. The molecule has 1 amide bonds. The van der Waals surface area contributed by atoms with E-state index in [9.17, 15) is 4.79 Å². The number of aromatic nitrogens is 3. The van der Waals surface area contributed by atoms with E-state index in [0.29, 0.717) is 31.3 Å². The maximum absolute atomic E-state index is 11.8. The van der Waals surface area contributed by atoms with Crippen molar-refractivity contribution in [1.82, 2.24) is 25.4 Å². The highest BCUT2D eigenvalue weighted by Gasteiger charge is 2.23. The Bertz CT molecular complexity index is 673. The van der Waals surface area contributed by atoms with Crippen molar-refractivity contribution >= 4 is 16.9 Å². The minimum Gasteiger partial charge on any atom is -0.354 e. The number of hydrogen-bond donors (Lipinski definition) is 2. The van der Waals surface area contributed by atoms with E-state index in [1.165, 1.54) is 0 Å². The van der Waals surface area contributed by atoms with Crippen LogP contribution in [-0.4, -0.2) is 40.3 Å². The fraction of sp³-hybridized carbons (Fsp3) is 0.588. The molecule has 124 valence electrons. The molecule has 0 saturated carbocycles. The van der Waals surface area contributed by atoms with Crippen LogP contribution in [-0.2, 0) is 11.3 Å². The molecule has 1 atom stereocenters. The summed E-state index contributed by atoms with van der Waals surface area (Å²) >= 11 is 0. The Morgan fingerprint density at radius 3 is 3.13 bits per heavy atom. The van der Waals surface area contributed by atoms with Gasteiger partial charge in [0.2, 0.25) is 5.91 Å². The third-order valence-corrected chi connectivity index (χ3v) is 4.22. The van der Waals surface area contributed by atoms with Crippen molar-refractivity contribution in [2.24, 2.45) is 5.92 Å². The highest BCUT2D eigenvalue weighted by Crippen LogP contribution is 2.27. The molecule has 2 N–H and O–H groups in total. The number of fused-ring (bicyclic) bond motifs is 1. The van der Waals surface area contributed by atoms with Crippen LogP contribution in [0, 0.1) is 5.92 Å². The summed E-state index contributed by atoms with van der Waals surface area (Å²) in [6, 6.07) is 4.06. The molecule has 1 aliphatic rings. The van der Waals surface area contributed by atoms with Crippen LogP contribution in [0.25, 0.3) is 11.0 Å². The van der Waals surface area contributed by atoms with Gasteiger partial charge in [0.05, 0.1) is 12.2 Å². The first kappa shape index (κ1) is 15.9. The molecule has 0 unspecified atom stereocenters. The standard InChI is InChI=1S/C17H25N5O/c1-12(2)10-15(23)19-8-9-22-17-14(4-3-6-20-17)16(21-22)13-5-7-18-11-13/h3-4,6,12-13,18H,5,7-11H2,1-2H3,(H,19,23)/t13-/m1/s1. The summed E-state index contributed by atoms with van der Waals surface area (Å²) in [6.07, 6.45) is 3.48. The molecule has 0 spiro atoms. The smallest absolute Gasteiger partial charge is 0.220 e. The van der Waals surface area contributed by atoms with Crippen LogP contribution in [0.15, 0.2) is 18.3 Å². The summed E-state index contributed by atoms with van der Waals surface area (Å²) < 4.78 is 1.93. The minimum absolute atomic E-state index is 0.102. The Balaban J connectivity index is 1.72. The lowest BCUT2D eigenvalue weighted by Crippen LogP contribution is -2.28. The molecule has 2 aromatic rings. The van der Waals surface area contributed by atoms with Crippen LogP contribution in [0.5, 0.6) is 0 Å². The lowest BCUT2D eigenvalue weighted by atomic mass is 10.0. The summed E-state index contributed by atoms with van der Waals surface area (Å²) in [5.74, 6) is 0.937. The van der Waals surface area contributed by atoms with Gasteiger partial charge in [-0.05, 0) is 31.0 Å². The van der Waals surface area contributed by atoms with E-state index >= 15 is 0 Å². The van der Waals surface area contributed by atoms with Crippen LogP contribution in [0.1, 0.15) is 38.3 Å². The van der Waals surface area contributed by atoms with Crippen molar-refractivity contribution in [2.75, 3.05) is 19.6 Å². The molecule has 6 heteroatoms. The SMILES string of the molecule is CC(C)CC(=O)NCCn1nc([C@@H]2CCNC2)c2cccnc21. The van der Waals surface area contributed by atoms with E-state index in [0.717, 1.165) is 36.2 Å². The van der Waals surface area contributed by atoms with Crippen LogP contribution >= 0.6 is 0 Å². The zero-order valence-corrected chi connectivity index (χ0v) is 13.9. The van der Waals surface area contributed by atoms with Gasteiger partial charge < -0.3 is 10.6 Å². The number of hydrogen-bond acceptors (Lipinski definition) is 4. The number of rotatable bonds is 6.